The topological polar surface area (TPSA) is 32.3 Å². The van der Waals surface area contributed by atoms with Gasteiger partial charge >= 0.3 is 0 Å². The summed E-state index contributed by atoms with van der Waals surface area (Å²) in [5.41, 5.74) is 1.23. The number of amides is 1. The molecule has 0 saturated carbocycles. The fraction of sp³-hybridized carbons (Fsp3) is 0.267. The fourth-order valence-corrected chi connectivity index (χ4v) is 2.45. The van der Waals surface area contributed by atoms with E-state index >= 15 is 0 Å². The lowest BCUT2D eigenvalue weighted by Crippen LogP contribution is -2.47. The van der Waals surface area contributed by atoms with Crippen LogP contribution in [-0.4, -0.2) is 30.4 Å². The zero-order valence-electron chi connectivity index (χ0n) is 10.2. The molecule has 3 nitrogen and oxygen atoms in total. The van der Waals surface area contributed by atoms with Gasteiger partial charge in [0.15, 0.2) is 0 Å². The molecular weight excluding hydrogens is 224 g/mol. The highest BCUT2D eigenvalue weighted by Gasteiger charge is 2.18. The summed E-state index contributed by atoms with van der Waals surface area (Å²) in [6.45, 7) is 2.85. The molecule has 0 unspecified atom stereocenters. The van der Waals surface area contributed by atoms with Crippen molar-refractivity contribution < 1.29 is 4.79 Å². The first-order valence-electron chi connectivity index (χ1n) is 6.30. The van der Waals surface area contributed by atoms with Crippen molar-refractivity contribution >= 4 is 16.7 Å². The summed E-state index contributed by atoms with van der Waals surface area (Å²) < 4.78 is 0. The highest BCUT2D eigenvalue weighted by molar-refractivity contribution is 5.86. The molecular formula is C15H16N2O. The van der Waals surface area contributed by atoms with Crippen molar-refractivity contribution in [2.75, 3.05) is 19.6 Å². The second-order valence-corrected chi connectivity index (χ2v) is 4.63. The molecule has 0 aromatic heterocycles. The second kappa shape index (κ2) is 4.78. The predicted molar refractivity (Wildman–Crippen MR) is 72.2 cm³/mol. The van der Waals surface area contributed by atoms with Gasteiger partial charge in [-0.05, 0) is 16.3 Å². The molecule has 1 saturated heterocycles. The number of rotatable bonds is 2. The van der Waals surface area contributed by atoms with Gasteiger partial charge in [-0.1, -0.05) is 42.5 Å². The molecule has 0 atom stereocenters. The SMILES string of the molecule is O=C1CNCCN1Cc1cccc2ccccc12. The van der Waals surface area contributed by atoms with E-state index in [1.807, 2.05) is 17.0 Å². The molecule has 0 spiro atoms. The smallest absolute Gasteiger partial charge is 0.236 e. The van der Waals surface area contributed by atoms with Crippen molar-refractivity contribution in [1.29, 1.82) is 0 Å². The number of nitrogens with zero attached hydrogens (tertiary/aromatic N) is 1. The lowest BCUT2D eigenvalue weighted by molar-refractivity contribution is -0.132. The van der Waals surface area contributed by atoms with Crippen LogP contribution in [0.25, 0.3) is 10.8 Å². The van der Waals surface area contributed by atoms with Gasteiger partial charge < -0.3 is 10.2 Å². The third kappa shape index (κ3) is 2.09. The lowest BCUT2D eigenvalue weighted by atomic mass is 10.0. The van der Waals surface area contributed by atoms with E-state index in [2.05, 4.69) is 35.6 Å². The Labute approximate surface area is 106 Å². The minimum Gasteiger partial charge on any atom is -0.336 e. The van der Waals surface area contributed by atoms with Gasteiger partial charge in [0.1, 0.15) is 0 Å². The Balaban J connectivity index is 1.92. The van der Waals surface area contributed by atoms with Crippen LogP contribution in [0.3, 0.4) is 0 Å². The van der Waals surface area contributed by atoms with Crippen molar-refractivity contribution in [3.63, 3.8) is 0 Å². The molecule has 1 aliphatic heterocycles. The predicted octanol–water partition coefficient (Wildman–Crippen LogP) is 1.77. The molecule has 0 radical (unpaired) electrons. The van der Waals surface area contributed by atoms with Gasteiger partial charge in [-0.15, -0.1) is 0 Å². The van der Waals surface area contributed by atoms with Crippen LogP contribution >= 0.6 is 0 Å². The van der Waals surface area contributed by atoms with E-state index in [1.165, 1.54) is 16.3 Å². The summed E-state index contributed by atoms with van der Waals surface area (Å²) in [6.07, 6.45) is 0. The Morgan fingerprint density at radius 1 is 1.11 bits per heavy atom. The molecule has 0 bridgehead atoms. The van der Waals surface area contributed by atoms with Crippen molar-refractivity contribution in [2.45, 2.75) is 6.54 Å². The van der Waals surface area contributed by atoms with Gasteiger partial charge in [-0.25, -0.2) is 0 Å². The van der Waals surface area contributed by atoms with Crippen LogP contribution in [0.2, 0.25) is 0 Å². The summed E-state index contributed by atoms with van der Waals surface area (Å²) in [4.78, 5) is 13.7. The molecule has 2 aromatic carbocycles. The minimum absolute atomic E-state index is 0.189. The summed E-state index contributed by atoms with van der Waals surface area (Å²) in [6, 6.07) is 14.6. The average molecular weight is 240 g/mol. The lowest BCUT2D eigenvalue weighted by Gasteiger charge is -2.27. The number of nitrogens with one attached hydrogen (secondary N) is 1. The standard InChI is InChI=1S/C15H16N2O/c18-15-10-16-8-9-17(15)11-13-6-3-5-12-4-1-2-7-14(12)13/h1-7,16H,8-11H2. The number of piperazine rings is 1. The quantitative estimate of drug-likeness (QED) is 0.867. The Morgan fingerprint density at radius 3 is 2.83 bits per heavy atom. The van der Waals surface area contributed by atoms with E-state index in [4.69, 9.17) is 0 Å². The van der Waals surface area contributed by atoms with Crippen molar-refractivity contribution in [3.05, 3.63) is 48.0 Å². The Morgan fingerprint density at radius 2 is 1.94 bits per heavy atom. The largest absolute Gasteiger partial charge is 0.336 e. The van der Waals surface area contributed by atoms with E-state index in [9.17, 15) is 4.79 Å². The van der Waals surface area contributed by atoms with Crippen LogP contribution in [0, 0.1) is 0 Å². The van der Waals surface area contributed by atoms with Gasteiger partial charge in [0.2, 0.25) is 5.91 Å². The number of hydrogen-bond acceptors (Lipinski definition) is 2. The Kier molecular flexibility index (Phi) is 2.99. The van der Waals surface area contributed by atoms with E-state index in [1.54, 1.807) is 0 Å². The molecule has 1 N–H and O–H groups in total. The van der Waals surface area contributed by atoms with Crippen LogP contribution in [0.1, 0.15) is 5.56 Å². The van der Waals surface area contributed by atoms with Crippen molar-refractivity contribution in [3.8, 4) is 0 Å². The first-order chi connectivity index (χ1) is 8.84. The van der Waals surface area contributed by atoms with E-state index in [0.29, 0.717) is 13.1 Å². The number of carbonyl (C=O) groups excluding carboxylic acids is 1. The third-order valence-corrected chi connectivity index (χ3v) is 3.43. The van der Waals surface area contributed by atoms with Gasteiger partial charge in [-0.2, -0.15) is 0 Å². The van der Waals surface area contributed by atoms with Gasteiger partial charge in [0.25, 0.3) is 0 Å². The number of hydrogen-bond donors (Lipinski definition) is 1. The summed E-state index contributed by atoms with van der Waals surface area (Å²) in [5.74, 6) is 0.189. The van der Waals surface area contributed by atoms with Crippen molar-refractivity contribution in [2.24, 2.45) is 0 Å². The Hall–Kier alpha value is -1.87. The second-order valence-electron chi connectivity index (χ2n) is 4.63. The molecule has 1 heterocycles. The zero-order valence-corrected chi connectivity index (χ0v) is 10.2. The van der Waals surface area contributed by atoms with E-state index < -0.39 is 0 Å². The number of fused-ring (bicyclic) bond motifs is 1. The van der Waals surface area contributed by atoms with Crippen molar-refractivity contribution in [1.82, 2.24) is 10.2 Å². The maximum Gasteiger partial charge on any atom is 0.236 e. The molecule has 1 aliphatic rings. The molecule has 2 aromatic rings. The molecule has 3 heteroatoms. The fourth-order valence-electron chi connectivity index (χ4n) is 2.45. The first kappa shape index (κ1) is 11.2. The van der Waals surface area contributed by atoms with Gasteiger partial charge in [0, 0.05) is 19.6 Å². The third-order valence-electron chi connectivity index (χ3n) is 3.43. The van der Waals surface area contributed by atoms with Crippen LogP contribution in [0.15, 0.2) is 42.5 Å². The van der Waals surface area contributed by atoms with E-state index in [0.717, 1.165) is 13.1 Å². The Bertz CT molecular complexity index is 574. The van der Waals surface area contributed by atoms with Crippen LogP contribution in [-0.2, 0) is 11.3 Å². The van der Waals surface area contributed by atoms with Gasteiger partial charge in [0.05, 0.1) is 6.54 Å². The number of benzene rings is 2. The number of carbonyl (C=O) groups is 1. The highest BCUT2D eigenvalue weighted by Crippen LogP contribution is 2.20. The molecule has 1 amide bonds. The van der Waals surface area contributed by atoms with Crippen LogP contribution in [0.5, 0.6) is 0 Å². The minimum atomic E-state index is 0.189. The molecule has 3 rings (SSSR count). The zero-order chi connectivity index (χ0) is 12.4. The van der Waals surface area contributed by atoms with Crippen LogP contribution < -0.4 is 5.32 Å². The summed E-state index contributed by atoms with van der Waals surface area (Å²) in [5, 5.41) is 5.57. The monoisotopic (exact) mass is 240 g/mol. The highest BCUT2D eigenvalue weighted by atomic mass is 16.2. The molecule has 18 heavy (non-hydrogen) atoms. The van der Waals surface area contributed by atoms with E-state index in [-0.39, 0.29) is 5.91 Å². The summed E-state index contributed by atoms with van der Waals surface area (Å²) in [7, 11) is 0. The molecule has 0 aliphatic carbocycles. The maximum absolute atomic E-state index is 11.8. The summed E-state index contributed by atoms with van der Waals surface area (Å²) >= 11 is 0. The normalized spacial score (nSPS) is 16.2. The maximum atomic E-state index is 11.8. The van der Waals surface area contributed by atoms with Gasteiger partial charge in [-0.3, -0.25) is 4.79 Å². The van der Waals surface area contributed by atoms with Crippen LogP contribution in [0.4, 0.5) is 0 Å². The first-order valence-corrected chi connectivity index (χ1v) is 6.30. The molecule has 92 valence electrons. The molecule has 1 fully saturated rings. The average Bonchev–Trinajstić information content (AvgIpc) is 2.42.